The Bertz CT molecular complexity index is 1550. The summed E-state index contributed by atoms with van der Waals surface area (Å²) < 4.78 is 40.1. The van der Waals surface area contributed by atoms with Gasteiger partial charge in [-0.2, -0.15) is 18.3 Å². The molecular formula is C23H19F3N8OS. The third-order valence-corrected chi connectivity index (χ3v) is 6.42. The number of aromatic nitrogens is 6. The Hall–Kier alpha value is -4.26. The maximum Gasteiger partial charge on any atom is 0.443 e. The van der Waals surface area contributed by atoms with Gasteiger partial charge in [0.1, 0.15) is 16.2 Å². The normalized spacial score (nSPS) is 12.6. The second-order valence-corrected chi connectivity index (χ2v) is 9.06. The molecule has 0 aliphatic rings. The number of amides is 1. The van der Waals surface area contributed by atoms with E-state index < -0.39 is 17.1 Å². The van der Waals surface area contributed by atoms with Crippen molar-refractivity contribution in [2.24, 2.45) is 7.05 Å². The molecule has 0 aliphatic heterocycles. The lowest BCUT2D eigenvalue weighted by molar-refractivity contribution is -0.137. The van der Waals surface area contributed by atoms with Crippen molar-refractivity contribution in [3.8, 4) is 11.1 Å². The molecule has 0 saturated heterocycles. The Morgan fingerprint density at radius 1 is 1.19 bits per heavy atom. The summed E-state index contributed by atoms with van der Waals surface area (Å²) in [6.07, 6.45) is 3.44. The molecule has 1 amide bonds. The number of aryl methyl sites for hydroxylation is 1. The number of alkyl halides is 3. The van der Waals surface area contributed by atoms with E-state index in [0.29, 0.717) is 34.0 Å². The van der Waals surface area contributed by atoms with Crippen LogP contribution in [0.15, 0.2) is 55.2 Å². The smallest absolute Gasteiger partial charge is 0.362 e. The standard InChI is InChI=1S/C23H19F3N8OS/c1-12(31-18-10-28-20-19(33-18)16(8-27-20)14-7-30-34(2)11-14)13-4-3-5-15(6-13)32-21(35)17-9-29-22(36-17)23(24,25)26/h3-12H,1-2H3,(H,27,28)(H,31,33)(H,32,35)/t12-/m0/s1. The molecule has 184 valence electrons. The third kappa shape index (κ3) is 4.77. The molecule has 3 N–H and O–H groups in total. The third-order valence-electron chi connectivity index (χ3n) is 5.38. The van der Waals surface area contributed by atoms with Crippen molar-refractivity contribution in [1.29, 1.82) is 0 Å². The van der Waals surface area contributed by atoms with Crippen LogP contribution in [-0.4, -0.2) is 35.6 Å². The number of hydrogen-bond donors (Lipinski definition) is 3. The first kappa shape index (κ1) is 23.5. The fraction of sp³-hybridized carbons (Fsp3) is 0.174. The minimum Gasteiger partial charge on any atom is -0.362 e. The van der Waals surface area contributed by atoms with Crippen molar-refractivity contribution in [1.82, 2.24) is 29.7 Å². The molecular weight excluding hydrogens is 493 g/mol. The van der Waals surface area contributed by atoms with Crippen LogP contribution < -0.4 is 10.6 Å². The lowest BCUT2D eigenvalue weighted by atomic mass is 10.1. The van der Waals surface area contributed by atoms with Gasteiger partial charge in [-0.25, -0.2) is 15.0 Å². The van der Waals surface area contributed by atoms with Crippen molar-refractivity contribution in [3.63, 3.8) is 0 Å². The van der Waals surface area contributed by atoms with Crippen LogP contribution in [-0.2, 0) is 13.2 Å². The molecule has 5 rings (SSSR count). The largest absolute Gasteiger partial charge is 0.443 e. The maximum atomic E-state index is 12.8. The summed E-state index contributed by atoms with van der Waals surface area (Å²) in [5, 5.41) is 9.07. The summed E-state index contributed by atoms with van der Waals surface area (Å²) >= 11 is 0.298. The predicted molar refractivity (Wildman–Crippen MR) is 130 cm³/mol. The number of nitrogens with one attached hydrogen (secondary N) is 3. The number of fused-ring (bicyclic) bond motifs is 1. The number of nitrogens with zero attached hydrogens (tertiary/aromatic N) is 5. The number of halogens is 3. The Balaban J connectivity index is 1.32. The van der Waals surface area contributed by atoms with Crippen molar-refractivity contribution in [3.05, 3.63) is 70.7 Å². The van der Waals surface area contributed by atoms with E-state index in [0.717, 1.165) is 22.9 Å². The second kappa shape index (κ2) is 9.07. The van der Waals surface area contributed by atoms with Crippen molar-refractivity contribution >= 4 is 39.9 Å². The summed E-state index contributed by atoms with van der Waals surface area (Å²) in [6, 6.07) is 6.80. The van der Waals surface area contributed by atoms with Crippen molar-refractivity contribution in [2.45, 2.75) is 19.1 Å². The maximum absolute atomic E-state index is 12.8. The van der Waals surface area contributed by atoms with Gasteiger partial charge in [0.05, 0.1) is 24.6 Å². The lowest BCUT2D eigenvalue weighted by Crippen LogP contribution is -2.12. The molecule has 0 aliphatic carbocycles. The van der Waals surface area contributed by atoms with Gasteiger partial charge < -0.3 is 15.6 Å². The highest BCUT2D eigenvalue weighted by Crippen LogP contribution is 2.33. The van der Waals surface area contributed by atoms with E-state index >= 15 is 0 Å². The van der Waals surface area contributed by atoms with E-state index in [1.54, 1.807) is 35.3 Å². The number of rotatable bonds is 6. The quantitative estimate of drug-likeness (QED) is 0.286. The van der Waals surface area contributed by atoms with Crippen LogP contribution in [0, 0.1) is 0 Å². The number of carbonyl (C=O) groups is 1. The summed E-state index contributed by atoms with van der Waals surface area (Å²) in [5.41, 5.74) is 4.41. The minimum absolute atomic E-state index is 0.126. The van der Waals surface area contributed by atoms with E-state index in [1.165, 1.54) is 0 Å². The first-order valence-electron chi connectivity index (χ1n) is 10.7. The number of anilines is 2. The van der Waals surface area contributed by atoms with E-state index in [1.807, 2.05) is 32.4 Å². The van der Waals surface area contributed by atoms with Gasteiger partial charge in [0.25, 0.3) is 5.91 Å². The molecule has 1 aromatic carbocycles. The molecule has 9 nitrogen and oxygen atoms in total. The molecule has 5 aromatic rings. The molecule has 13 heteroatoms. The monoisotopic (exact) mass is 512 g/mol. The number of aromatic amines is 1. The lowest BCUT2D eigenvalue weighted by Gasteiger charge is -2.16. The van der Waals surface area contributed by atoms with Crippen molar-refractivity contribution < 1.29 is 18.0 Å². The highest BCUT2D eigenvalue weighted by molar-refractivity contribution is 7.13. The summed E-state index contributed by atoms with van der Waals surface area (Å²) in [5.74, 6) is -0.106. The molecule has 36 heavy (non-hydrogen) atoms. The Kier molecular flexibility index (Phi) is 5.92. The zero-order valence-corrected chi connectivity index (χ0v) is 19.8. The van der Waals surface area contributed by atoms with E-state index in [-0.39, 0.29) is 10.9 Å². The van der Waals surface area contributed by atoms with Gasteiger partial charge in [0.2, 0.25) is 0 Å². The molecule has 0 unspecified atom stereocenters. The Labute approximate surface area is 206 Å². The molecule has 0 radical (unpaired) electrons. The SMILES string of the molecule is C[C@H](Nc1cnc2[nH]cc(-c3cnn(C)c3)c2n1)c1cccc(NC(=O)c2cnc(C(F)(F)F)s2)c1. The zero-order valence-electron chi connectivity index (χ0n) is 19.0. The minimum atomic E-state index is -4.59. The predicted octanol–water partition coefficient (Wildman–Crippen LogP) is 5.26. The summed E-state index contributed by atoms with van der Waals surface area (Å²) in [7, 11) is 1.84. The zero-order chi connectivity index (χ0) is 25.4. The Morgan fingerprint density at radius 2 is 2.03 bits per heavy atom. The number of thiazole rings is 1. The van der Waals surface area contributed by atoms with Crippen LogP contribution in [0.2, 0.25) is 0 Å². The molecule has 0 spiro atoms. The van der Waals surface area contributed by atoms with Gasteiger partial charge in [-0.1, -0.05) is 12.1 Å². The molecule has 4 aromatic heterocycles. The van der Waals surface area contributed by atoms with Gasteiger partial charge in [-0.15, -0.1) is 11.3 Å². The summed E-state index contributed by atoms with van der Waals surface area (Å²) in [6.45, 7) is 1.92. The highest BCUT2D eigenvalue weighted by atomic mass is 32.1. The van der Waals surface area contributed by atoms with Gasteiger partial charge in [0, 0.05) is 36.3 Å². The number of H-pyrrole nitrogens is 1. The number of benzene rings is 1. The van der Waals surface area contributed by atoms with E-state index in [9.17, 15) is 18.0 Å². The molecule has 4 heterocycles. The fourth-order valence-electron chi connectivity index (χ4n) is 3.64. The second-order valence-electron chi connectivity index (χ2n) is 8.03. The summed E-state index contributed by atoms with van der Waals surface area (Å²) in [4.78, 5) is 27.9. The van der Waals surface area contributed by atoms with Crippen LogP contribution in [0.4, 0.5) is 24.7 Å². The first-order valence-corrected chi connectivity index (χ1v) is 11.5. The molecule has 0 bridgehead atoms. The molecule has 0 saturated carbocycles. The van der Waals surface area contributed by atoms with Crippen LogP contribution >= 0.6 is 11.3 Å². The number of carbonyl (C=O) groups excluding carboxylic acids is 1. The van der Waals surface area contributed by atoms with Gasteiger partial charge in [0.15, 0.2) is 10.7 Å². The van der Waals surface area contributed by atoms with Gasteiger partial charge >= 0.3 is 6.18 Å². The average molecular weight is 513 g/mol. The van der Waals surface area contributed by atoms with Crippen molar-refractivity contribution in [2.75, 3.05) is 10.6 Å². The van der Waals surface area contributed by atoms with E-state index in [4.69, 9.17) is 4.98 Å². The topological polar surface area (TPSA) is 113 Å². The molecule has 1 atom stereocenters. The molecule has 0 fully saturated rings. The highest BCUT2D eigenvalue weighted by Gasteiger charge is 2.35. The fourth-order valence-corrected chi connectivity index (χ4v) is 4.31. The Morgan fingerprint density at radius 3 is 2.75 bits per heavy atom. The van der Waals surface area contributed by atoms with Gasteiger partial charge in [-0.3, -0.25) is 9.48 Å². The van der Waals surface area contributed by atoms with Crippen LogP contribution in [0.5, 0.6) is 0 Å². The van der Waals surface area contributed by atoms with Gasteiger partial charge in [-0.05, 0) is 24.6 Å². The van der Waals surface area contributed by atoms with E-state index in [2.05, 4.69) is 30.7 Å². The van der Waals surface area contributed by atoms with Crippen LogP contribution in [0.3, 0.4) is 0 Å². The first-order chi connectivity index (χ1) is 17.2. The number of hydrogen-bond acceptors (Lipinski definition) is 7. The van der Waals surface area contributed by atoms with Crippen LogP contribution in [0.1, 0.15) is 33.2 Å². The average Bonchev–Trinajstić information content (AvgIpc) is 3.58. The van der Waals surface area contributed by atoms with Crippen LogP contribution in [0.25, 0.3) is 22.3 Å².